The minimum absolute atomic E-state index is 0.361. The number of ketones is 2. The van der Waals surface area contributed by atoms with Crippen molar-refractivity contribution in [1.82, 2.24) is 0 Å². The lowest BCUT2D eigenvalue weighted by molar-refractivity contribution is -0.484. The van der Waals surface area contributed by atoms with Crippen molar-refractivity contribution in [2.45, 2.75) is 19.8 Å². The Hall–Kier alpha value is -2.24. The fourth-order valence-corrected chi connectivity index (χ4v) is 2.27. The Labute approximate surface area is 116 Å². The number of rotatable bonds is 7. The summed E-state index contributed by atoms with van der Waals surface area (Å²) in [6, 6.07) is 6.59. The summed E-state index contributed by atoms with van der Waals surface area (Å²) in [5.41, 5.74) is 0.581. The van der Waals surface area contributed by atoms with Gasteiger partial charge in [0.05, 0.1) is 18.9 Å². The molecule has 20 heavy (non-hydrogen) atoms. The number of hydrogen-bond donors (Lipinski definition) is 0. The van der Waals surface area contributed by atoms with Crippen molar-refractivity contribution in [2.75, 3.05) is 13.7 Å². The molecular formula is C14H17NO5. The minimum Gasteiger partial charge on any atom is -0.497 e. The molecular weight excluding hydrogens is 262 g/mol. The van der Waals surface area contributed by atoms with Gasteiger partial charge in [-0.25, -0.2) is 0 Å². The van der Waals surface area contributed by atoms with E-state index in [1.165, 1.54) is 21.0 Å². The third-order valence-electron chi connectivity index (χ3n) is 3.17. The molecule has 1 aromatic rings. The standard InChI is InChI=1S/C14H17NO5/c1-9(16)14(10(2)17)13(8-15(18)19)11-4-6-12(20-3)7-5-11/h4-7,13-14H,8H2,1-3H3/t13-/m0/s1. The molecule has 0 heterocycles. The normalized spacial score (nSPS) is 12.0. The van der Waals surface area contributed by atoms with Crippen LogP contribution in [-0.2, 0) is 9.59 Å². The van der Waals surface area contributed by atoms with E-state index in [2.05, 4.69) is 0 Å². The molecule has 6 nitrogen and oxygen atoms in total. The molecule has 0 aliphatic heterocycles. The average molecular weight is 279 g/mol. The number of ether oxygens (including phenoxy) is 1. The first-order valence-corrected chi connectivity index (χ1v) is 6.13. The number of carbonyl (C=O) groups excluding carboxylic acids is 2. The molecule has 108 valence electrons. The smallest absolute Gasteiger partial charge is 0.211 e. The van der Waals surface area contributed by atoms with Crippen LogP contribution in [0.4, 0.5) is 0 Å². The lowest BCUT2D eigenvalue weighted by Crippen LogP contribution is -2.31. The molecule has 0 radical (unpaired) electrons. The Kier molecular flexibility index (Phi) is 5.37. The van der Waals surface area contributed by atoms with Gasteiger partial charge in [-0.2, -0.15) is 0 Å². The summed E-state index contributed by atoms with van der Waals surface area (Å²) in [5, 5.41) is 10.8. The monoisotopic (exact) mass is 279 g/mol. The Balaban J connectivity index is 3.18. The topological polar surface area (TPSA) is 86.5 Å². The van der Waals surface area contributed by atoms with Crippen LogP contribution < -0.4 is 4.74 Å². The maximum absolute atomic E-state index is 11.6. The van der Waals surface area contributed by atoms with Gasteiger partial charge in [-0.1, -0.05) is 12.1 Å². The van der Waals surface area contributed by atoms with Crippen LogP contribution >= 0.6 is 0 Å². The second-order valence-electron chi connectivity index (χ2n) is 4.59. The average Bonchev–Trinajstić information content (AvgIpc) is 2.36. The minimum atomic E-state index is -0.992. The van der Waals surface area contributed by atoms with E-state index >= 15 is 0 Å². The summed E-state index contributed by atoms with van der Waals surface area (Å²) < 4.78 is 5.02. The van der Waals surface area contributed by atoms with E-state index in [0.29, 0.717) is 11.3 Å². The molecule has 0 saturated heterocycles. The van der Waals surface area contributed by atoms with Crippen molar-refractivity contribution >= 4 is 11.6 Å². The summed E-state index contributed by atoms with van der Waals surface area (Å²) in [4.78, 5) is 33.6. The quantitative estimate of drug-likeness (QED) is 0.432. The molecule has 1 aromatic carbocycles. The van der Waals surface area contributed by atoms with Crippen molar-refractivity contribution in [2.24, 2.45) is 5.92 Å². The van der Waals surface area contributed by atoms with Gasteiger partial charge >= 0.3 is 0 Å². The largest absolute Gasteiger partial charge is 0.497 e. The first kappa shape index (κ1) is 15.8. The van der Waals surface area contributed by atoms with Crippen LogP contribution in [0.3, 0.4) is 0 Å². The highest BCUT2D eigenvalue weighted by atomic mass is 16.6. The predicted octanol–water partition coefficient (Wildman–Crippen LogP) is 1.85. The molecule has 0 fully saturated rings. The zero-order valence-corrected chi connectivity index (χ0v) is 11.7. The van der Waals surface area contributed by atoms with E-state index < -0.39 is 23.3 Å². The zero-order chi connectivity index (χ0) is 15.3. The highest BCUT2D eigenvalue weighted by Crippen LogP contribution is 2.28. The van der Waals surface area contributed by atoms with Gasteiger partial charge in [0.15, 0.2) is 0 Å². The van der Waals surface area contributed by atoms with Gasteiger partial charge in [0.2, 0.25) is 6.54 Å². The summed E-state index contributed by atoms with van der Waals surface area (Å²) in [7, 11) is 1.51. The first-order chi connectivity index (χ1) is 9.36. The fourth-order valence-electron chi connectivity index (χ4n) is 2.27. The van der Waals surface area contributed by atoms with Crippen LogP contribution in [0, 0.1) is 16.0 Å². The lowest BCUT2D eigenvalue weighted by Gasteiger charge is -2.20. The van der Waals surface area contributed by atoms with Crippen LogP contribution in [0.2, 0.25) is 0 Å². The predicted molar refractivity (Wildman–Crippen MR) is 72.4 cm³/mol. The van der Waals surface area contributed by atoms with Crippen LogP contribution in [0.25, 0.3) is 0 Å². The molecule has 0 N–H and O–H groups in total. The van der Waals surface area contributed by atoms with E-state index in [1.807, 2.05) is 0 Å². The maximum atomic E-state index is 11.6. The molecule has 1 atom stereocenters. The van der Waals surface area contributed by atoms with E-state index in [0.717, 1.165) is 0 Å². The van der Waals surface area contributed by atoms with E-state index in [-0.39, 0.29) is 11.6 Å². The van der Waals surface area contributed by atoms with Gasteiger partial charge in [-0.05, 0) is 31.5 Å². The summed E-state index contributed by atoms with van der Waals surface area (Å²) in [6.07, 6.45) is 0. The van der Waals surface area contributed by atoms with Crippen molar-refractivity contribution < 1.29 is 19.2 Å². The molecule has 0 aliphatic carbocycles. The van der Waals surface area contributed by atoms with Gasteiger partial charge in [0, 0.05) is 4.92 Å². The van der Waals surface area contributed by atoms with Gasteiger partial charge < -0.3 is 4.74 Å². The molecule has 6 heteroatoms. The number of methoxy groups -OCH3 is 1. The number of Topliss-reactive ketones (excluding diaryl/α,β-unsaturated/α-hetero) is 2. The third kappa shape index (κ3) is 3.88. The van der Waals surface area contributed by atoms with E-state index in [9.17, 15) is 19.7 Å². The van der Waals surface area contributed by atoms with E-state index in [4.69, 9.17) is 4.74 Å². The molecule has 0 bridgehead atoms. The number of benzene rings is 1. The molecule has 0 aliphatic rings. The number of nitrogens with zero attached hydrogens (tertiary/aromatic N) is 1. The van der Waals surface area contributed by atoms with Crippen LogP contribution in [0.5, 0.6) is 5.75 Å². The number of carbonyl (C=O) groups is 2. The molecule has 0 unspecified atom stereocenters. The van der Waals surface area contributed by atoms with Crippen LogP contribution in [-0.4, -0.2) is 30.1 Å². The summed E-state index contributed by atoms with van der Waals surface area (Å²) >= 11 is 0. The van der Waals surface area contributed by atoms with Gasteiger partial charge in [0.25, 0.3) is 0 Å². The molecule has 1 rings (SSSR count). The highest BCUT2D eigenvalue weighted by molar-refractivity contribution is 6.01. The van der Waals surface area contributed by atoms with Crippen molar-refractivity contribution in [3.63, 3.8) is 0 Å². The van der Waals surface area contributed by atoms with Crippen molar-refractivity contribution in [3.05, 3.63) is 39.9 Å². The zero-order valence-electron chi connectivity index (χ0n) is 11.7. The number of nitro groups is 1. The molecule has 0 spiro atoms. The lowest BCUT2D eigenvalue weighted by atomic mass is 9.81. The first-order valence-electron chi connectivity index (χ1n) is 6.13. The van der Waals surface area contributed by atoms with E-state index in [1.54, 1.807) is 24.3 Å². The highest BCUT2D eigenvalue weighted by Gasteiger charge is 2.34. The Morgan fingerprint density at radius 3 is 2.05 bits per heavy atom. The Bertz CT molecular complexity index is 495. The molecule has 0 amide bonds. The third-order valence-corrected chi connectivity index (χ3v) is 3.17. The molecule has 0 saturated carbocycles. The van der Waals surface area contributed by atoms with Gasteiger partial charge in [-0.3, -0.25) is 19.7 Å². The SMILES string of the molecule is COc1ccc([C@H](C[N+](=O)[O-])C(C(C)=O)C(C)=O)cc1. The van der Waals surface area contributed by atoms with Gasteiger partial charge in [0.1, 0.15) is 17.3 Å². The van der Waals surface area contributed by atoms with Crippen LogP contribution in [0.1, 0.15) is 25.3 Å². The Morgan fingerprint density at radius 2 is 1.70 bits per heavy atom. The summed E-state index contributed by atoms with van der Waals surface area (Å²) in [5.74, 6) is -1.86. The molecule has 0 aromatic heterocycles. The second-order valence-corrected chi connectivity index (χ2v) is 4.59. The fraction of sp³-hybridized carbons (Fsp3) is 0.429. The second kappa shape index (κ2) is 6.79. The number of hydrogen-bond acceptors (Lipinski definition) is 5. The van der Waals surface area contributed by atoms with Crippen LogP contribution in [0.15, 0.2) is 24.3 Å². The van der Waals surface area contributed by atoms with Crippen molar-refractivity contribution in [3.8, 4) is 5.75 Å². The maximum Gasteiger partial charge on any atom is 0.211 e. The summed E-state index contributed by atoms with van der Waals surface area (Å²) in [6.45, 7) is 2.10. The Morgan fingerprint density at radius 1 is 1.20 bits per heavy atom. The van der Waals surface area contributed by atoms with Crippen molar-refractivity contribution in [1.29, 1.82) is 0 Å². The van der Waals surface area contributed by atoms with Gasteiger partial charge in [-0.15, -0.1) is 0 Å².